The first kappa shape index (κ1) is 33.0. The molecule has 3 fully saturated rings. The second-order valence-electron chi connectivity index (χ2n) is 14.6. The molecule has 0 heterocycles. The van der Waals surface area contributed by atoms with Crippen molar-refractivity contribution in [1.82, 2.24) is 0 Å². The molecule has 1 aromatic rings. The first-order chi connectivity index (χ1) is 20.2. The number of phenolic OH excluding ortho intramolecular Hbond substituents is 1. The van der Waals surface area contributed by atoms with Gasteiger partial charge >= 0.3 is 12.1 Å². The highest BCUT2D eigenvalue weighted by Crippen LogP contribution is 2.76. The number of benzene rings is 1. The average Bonchev–Trinajstić information content (AvgIpc) is 3.66. The van der Waals surface area contributed by atoms with Gasteiger partial charge in [-0.15, -0.1) is 0 Å². The Morgan fingerprint density at radius 3 is 2.19 bits per heavy atom. The molecule has 0 radical (unpaired) electrons. The van der Waals surface area contributed by atoms with Crippen LogP contribution in [-0.4, -0.2) is 37.1 Å². The highest BCUT2D eigenvalue weighted by Gasteiger charge is 2.67. The van der Waals surface area contributed by atoms with Gasteiger partial charge in [0.25, 0.3) is 0 Å². The molecule has 0 bridgehead atoms. The van der Waals surface area contributed by atoms with E-state index in [1.54, 1.807) is 0 Å². The van der Waals surface area contributed by atoms with E-state index in [4.69, 9.17) is 0 Å². The Balaban J connectivity index is 1.03. The van der Waals surface area contributed by atoms with Gasteiger partial charge in [-0.25, -0.2) is 8.42 Å². The first-order valence-electron chi connectivity index (χ1n) is 16.6. The summed E-state index contributed by atoms with van der Waals surface area (Å²) < 4.78 is 86.9. The van der Waals surface area contributed by atoms with E-state index in [2.05, 4.69) is 13.0 Å². The van der Waals surface area contributed by atoms with Crippen LogP contribution in [0, 0.1) is 28.6 Å². The van der Waals surface area contributed by atoms with Gasteiger partial charge in [0, 0.05) is 6.42 Å². The van der Waals surface area contributed by atoms with Crippen molar-refractivity contribution in [2.24, 2.45) is 28.6 Å². The number of phenols is 1. The third-order valence-electron chi connectivity index (χ3n) is 12.2. The van der Waals surface area contributed by atoms with Crippen LogP contribution in [0.1, 0.15) is 127 Å². The second-order valence-corrected chi connectivity index (χ2v) is 16.9. The van der Waals surface area contributed by atoms with Crippen molar-refractivity contribution < 1.29 is 35.5 Å². The molecular formula is C34H49F5O3S. The Labute approximate surface area is 254 Å². The van der Waals surface area contributed by atoms with Crippen molar-refractivity contribution in [1.29, 1.82) is 0 Å². The number of halogens is 5. The summed E-state index contributed by atoms with van der Waals surface area (Å²) in [5.41, 5.74) is 3.93. The van der Waals surface area contributed by atoms with Gasteiger partial charge in [0.15, 0.2) is 0 Å². The summed E-state index contributed by atoms with van der Waals surface area (Å²) in [5, 5.41) is 10.2. The molecular weight excluding hydrogens is 583 g/mol. The van der Waals surface area contributed by atoms with Crippen LogP contribution in [0.25, 0.3) is 0 Å². The fraction of sp³-hybridized carbons (Fsp3) is 0.824. The largest absolute Gasteiger partial charge is 0.508 e. The standard InChI is InChI=1S/C34H49F5O3S/c1-31-16-13-28-27-12-11-26(40)23-25(27)22-24(30(28)29(31)14-17-32(31)18-19-32)10-7-5-3-2-4-6-8-20-43(41,42)21-9-15-33(35,36)34(37,38)39/h11-12,23-24,28-30,40H,2-10,13-22H2,1H3/t24-,28?,29?,30?,31+/m1/s1. The van der Waals surface area contributed by atoms with Crippen molar-refractivity contribution in [2.45, 2.75) is 134 Å². The van der Waals surface area contributed by atoms with Crippen LogP contribution in [0.15, 0.2) is 18.2 Å². The van der Waals surface area contributed by atoms with Crippen molar-refractivity contribution in [3.8, 4) is 5.75 Å². The summed E-state index contributed by atoms with van der Waals surface area (Å²) in [6.07, 6.45) is 9.09. The minimum Gasteiger partial charge on any atom is -0.508 e. The minimum absolute atomic E-state index is 0.159. The van der Waals surface area contributed by atoms with Gasteiger partial charge in [-0.05, 0) is 122 Å². The molecule has 4 aliphatic carbocycles. The Hall–Kier alpha value is -1.38. The van der Waals surface area contributed by atoms with E-state index >= 15 is 0 Å². The van der Waals surface area contributed by atoms with Crippen LogP contribution in [0.3, 0.4) is 0 Å². The maximum Gasteiger partial charge on any atom is 0.453 e. The number of unbranched alkanes of at least 4 members (excludes halogenated alkanes) is 6. The van der Waals surface area contributed by atoms with Crippen LogP contribution in [0.2, 0.25) is 0 Å². The monoisotopic (exact) mass is 632 g/mol. The van der Waals surface area contributed by atoms with Gasteiger partial charge in [0.05, 0.1) is 11.5 Å². The first-order valence-corrected chi connectivity index (χ1v) is 18.5. The molecule has 1 spiro atoms. The van der Waals surface area contributed by atoms with E-state index in [-0.39, 0.29) is 5.75 Å². The van der Waals surface area contributed by atoms with Crippen molar-refractivity contribution in [2.75, 3.05) is 11.5 Å². The Morgan fingerprint density at radius 1 is 0.860 bits per heavy atom. The van der Waals surface area contributed by atoms with E-state index in [0.29, 0.717) is 41.3 Å². The molecule has 3 saturated carbocycles. The number of rotatable bonds is 14. The number of hydrogen-bond donors (Lipinski definition) is 1. The molecule has 1 N–H and O–H groups in total. The summed E-state index contributed by atoms with van der Waals surface area (Å²) in [5.74, 6) is -2.47. The predicted octanol–water partition coefficient (Wildman–Crippen LogP) is 9.77. The van der Waals surface area contributed by atoms with Gasteiger partial charge < -0.3 is 5.11 Å². The number of hydrogen-bond acceptors (Lipinski definition) is 3. The molecule has 1 aromatic carbocycles. The van der Waals surface area contributed by atoms with Gasteiger partial charge in [0.2, 0.25) is 0 Å². The van der Waals surface area contributed by atoms with E-state index in [1.165, 1.54) is 62.5 Å². The van der Waals surface area contributed by atoms with Gasteiger partial charge in [0.1, 0.15) is 15.6 Å². The SMILES string of the molecule is C[C@]12CCC3c4ccc(O)cc4C[C@@H](CCCCCCCCCS(=O)(=O)CCCC(F)(F)C(F)(F)F)C3C1CCC21CC1. The number of alkyl halides is 5. The molecule has 0 saturated heterocycles. The van der Waals surface area contributed by atoms with Gasteiger partial charge in [-0.3, -0.25) is 0 Å². The van der Waals surface area contributed by atoms with Crippen LogP contribution in [0.5, 0.6) is 5.75 Å². The highest BCUT2D eigenvalue weighted by molar-refractivity contribution is 7.91. The van der Waals surface area contributed by atoms with E-state index in [9.17, 15) is 35.5 Å². The molecule has 5 atom stereocenters. The van der Waals surface area contributed by atoms with Crippen LogP contribution in [-0.2, 0) is 16.3 Å². The number of fused-ring (bicyclic) bond motifs is 6. The van der Waals surface area contributed by atoms with Gasteiger partial charge in [-0.1, -0.05) is 51.5 Å². The normalized spacial score (nSPS) is 29.7. The zero-order valence-electron chi connectivity index (χ0n) is 25.5. The van der Waals surface area contributed by atoms with Crippen LogP contribution in [0.4, 0.5) is 22.0 Å². The lowest BCUT2D eigenvalue weighted by atomic mass is 9.50. The van der Waals surface area contributed by atoms with E-state index < -0.39 is 40.5 Å². The third kappa shape index (κ3) is 6.91. The minimum atomic E-state index is -5.64. The maximum atomic E-state index is 13.0. The zero-order chi connectivity index (χ0) is 31.1. The van der Waals surface area contributed by atoms with Crippen molar-refractivity contribution in [3.05, 3.63) is 29.3 Å². The third-order valence-corrected chi connectivity index (χ3v) is 14.0. The Kier molecular flexibility index (Phi) is 9.54. The summed E-state index contributed by atoms with van der Waals surface area (Å²) >= 11 is 0. The second kappa shape index (κ2) is 12.4. The quantitative estimate of drug-likeness (QED) is 0.164. The smallest absolute Gasteiger partial charge is 0.453 e. The molecule has 0 aromatic heterocycles. The fourth-order valence-electron chi connectivity index (χ4n) is 9.63. The molecule has 244 valence electrons. The van der Waals surface area contributed by atoms with Crippen LogP contribution < -0.4 is 0 Å². The molecule has 3 unspecified atom stereocenters. The van der Waals surface area contributed by atoms with Crippen molar-refractivity contribution in [3.63, 3.8) is 0 Å². The predicted molar refractivity (Wildman–Crippen MR) is 159 cm³/mol. The molecule has 5 rings (SSSR count). The molecule has 9 heteroatoms. The highest BCUT2D eigenvalue weighted by atomic mass is 32.2. The van der Waals surface area contributed by atoms with E-state index in [0.717, 1.165) is 43.9 Å². The lowest BCUT2D eigenvalue weighted by Crippen LogP contribution is -2.46. The summed E-state index contributed by atoms with van der Waals surface area (Å²) in [7, 11) is -3.63. The zero-order valence-corrected chi connectivity index (χ0v) is 26.4. The molecule has 0 amide bonds. The Bertz CT molecular complexity index is 1220. The topological polar surface area (TPSA) is 54.4 Å². The lowest BCUT2D eigenvalue weighted by Gasteiger charge is -2.54. The summed E-state index contributed by atoms with van der Waals surface area (Å²) in [4.78, 5) is 0. The Morgan fingerprint density at radius 2 is 1.51 bits per heavy atom. The van der Waals surface area contributed by atoms with Crippen LogP contribution >= 0.6 is 0 Å². The maximum absolute atomic E-state index is 13.0. The van der Waals surface area contributed by atoms with E-state index in [1.807, 2.05) is 12.1 Å². The molecule has 43 heavy (non-hydrogen) atoms. The number of sulfone groups is 1. The average molecular weight is 633 g/mol. The summed E-state index contributed by atoms with van der Waals surface area (Å²) in [6, 6.07) is 6.07. The number of aromatic hydroxyl groups is 1. The molecule has 0 aliphatic heterocycles. The molecule has 3 nitrogen and oxygen atoms in total. The van der Waals surface area contributed by atoms with Crippen molar-refractivity contribution >= 4 is 9.84 Å². The fourth-order valence-corrected chi connectivity index (χ4v) is 11.1. The van der Waals surface area contributed by atoms with Gasteiger partial charge in [-0.2, -0.15) is 22.0 Å². The lowest BCUT2D eigenvalue weighted by molar-refractivity contribution is -0.284. The molecule has 4 aliphatic rings. The summed E-state index contributed by atoms with van der Waals surface area (Å²) in [6.45, 7) is 2.61.